The molecule has 1 unspecified atom stereocenters. The maximum atomic E-state index is 6.08. The van der Waals surface area contributed by atoms with Gasteiger partial charge >= 0.3 is 0 Å². The Morgan fingerprint density at radius 1 is 1.09 bits per heavy atom. The minimum atomic E-state index is 0.221. The fourth-order valence-electron chi connectivity index (χ4n) is 3.70. The van der Waals surface area contributed by atoms with Gasteiger partial charge in [0, 0.05) is 30.9 Å². The third-order valence-corrected chi connectivity index (χ3v) is 5.51. The summed E-state index contributed by atoms with van der Waals surface area (Å²) in [5, 5.41) is 11.4. The van der Waals surface area contributed by atoms with Gasteiger partial charge in [-0.3, -0.25) is 4.68 Å². The van der Waals surface area contributed by atoms with Crippen molar-refractivity contribution >= 4 is 5.96 Å². The van der Waals surface area contributed by atoms with Crippen molar-refractivity contribution in [2.24, 2.45) is 12.0 Å². The van der Waals surface area contributed by atoms with E-state index in [1.807, 2.05) is 48.1 Å². The largest absolute Gasteiger partial charge is 0.489 e. The lowest BCUT2D eigenvalue weighted by atomic mass is 10.1. The second kappa shape index (κ2) is 11.4. The number of benzene rings is 2. The monoisotopic (exact) mass is 433 g/mol. The summed E-state index contributed by atoms with van der Waals surface area (Å²) in [6.07, 6.45) is 0.896. The number of guanidine groups is 1. The number of rotatable bonds is 9. The molecule has 0 aliphatic rings. The number of aryl methyl sites for hydroxylation is 2. The standard InChI is InChI=1S/C26H35N5O/c1-6-27-26(29-19(2)16-24-20(3)30-31(5)21(24)4)28-17-23-14-10-11-15-25(23)32-18-22-12-8-7-9-13-22/h7-15,19H,6,16-18H2,1-5H3,(H2,27,28,29). The summed E-state index contributed by atoms with van der Waals surface area (Å²) in [6.45, 7) is 10.3. The summed E-state index contributed by atoms with van der Waals surface area (Å²) in [4.78, 5) is 4.82. The van der Waals surface area contributed by atoms with E-state index in [0.29, 0.717) is 13.2 Å². The van der Waals surface area contributed by atoms with Gasteiger partial charge in [0.05, 0.1) is 12.2 Å². The van der Waals surface area contributed by atoms with Crippen LogP contribution < -0.4 is 15.4 Å². The highest BCUT2D eigenvalue weighted by atomic mass is 16.5. The zero-order chi connectivity index (χ0) is 22.9. The molecule has 2 aromatic carbocycles. The number of nitrogens with one attached hydrogen (secondary N) is 2. The molecule has 0 spiro atoms. The summed E-state index contributed by atoms with van der Waals surface area (Å²) in [7, 11) is 1.99. The molecular formula is C26H35N5O. The predicted molar refractivity (Wildman–Crippen MR) is 131 cm³/mol. The summed E-state index contributed by atoms with van der Waals surface area (Å²) in [5.74, 6) is 1.67. The van der Waals surface area contributed by atoms with Gasteiger partial charge in [0.1, 0.15) is 12.4 Å². The number of nitrogens with zero attached hydrogens (tertiary/aromatic N) is 3. The minimum absolute atomic E-state index is 0.221. The van der Waals surface area contributed by atoms with E-state index >= 15 is 0 Å². The smallest absolute Gasteiger partial charge is 0.191 e. The summed E-state index contributed by atoms with van der Waals surface area (Å²) in [6, 6.07) is 18.5. The van der Waals surface area contributed by atoms with Crippen LogP contribution in [0.3, 0.4) is 0 Å². The number of para-hydroxylation sites is 1. The Hall–Kier alpha value is -3.28. The van der Waals surface area contributed by atoms with Crippen molar-refractivity contribution in [2.45, 2.75) is 53.3 Å². The van der Waals surface area contributed by atoms with Crippen molar-refractivity contribution in [1.82, 2.24) is 20.4 Å². The Kier molecular flexibility index (Phi) is 8.31. The fraction of sp³-hybridized carbons (Fsp3) is 0.385. The molecule has 1 atom stereocenters. The van der Waals surface area contributed by atoms with E-state index in [1.54, 1.807) is 0 Å². The van der Waals surface area contributed by atoms with Crippen LogP contribution in [-0.4, -0.2) is 28.3 Å². The molecule has 0 saturated heterocycles. The second-order valence-electron chi connectivity index (χ2n) is 8.10. The molecule has 0 bridgehead atoms. The van der Waals surface area contributed by atoms with Crippen molar-refractivity contribution in [3.05, 3.63) is 82.7 Å². The van der Waals surface area contributed by atoms with E-state index in [-0.39, 0.29) is 6.04 Å². The molecule has 0 radical (unpaired) electrons. The molecule has 0 amide bonds. The number of hydrogen-bond acceptors (Lipinski definition) is 3. The van der Waals surface area contributed by atoms with Crippen molar-refractivity contribution in [3.63, 3.8) is 0 Å². The Balaban J connectivity index is 1.65. The molecule has 3 aromatic rings. The van der Waals surface area contributed by atoms with E-state index in [9.17, 15) is 0 Å². The normalized spacial score (nSPS) is 12.5. The Morgan fingerprint density at radius 2 is 1.81 bits per heavy atom. The van der Waals surface area contributed by atoms with Crippen LogP contribution in [0.25, 0.3) is 0 Å². The van der Waals surface area contributed by atoms with Gasteiger partial charge in [-0.25, -0.2) is 4.99 Å². The second-order valence-corrected chi connectivity index (χ2v) is 8.10. The van der Waals surface area contributed by atoms with Crippen LogP contribution in [0.1, 0.15) is 41.9 Å². The highest BCUT2D eigenvalue weighted by Crippen LogP contribution is 2.20. The summed E-state index contributed by atoms with van der Waals surface area (Å²) < 4.78 is 8.03. The first-order valence-electron chi connectivity index (χ1n) is 11.3. The van der Waals surface area contributed by atoms with Crippen molar-refractivity contribution in [1.29, 1.82) is 0 Å². The average molecular weight is 434 g/mol. The van der Waals surface area contributed by atoms with Gasteiger partial charge in [-0.2, -0.15) is 5.10 Å². The first-order valence-corrected chi connectivity index (χ1v) is 11.3. The van der Waals surface area contributed by atoms with E-state index in [4.69, 9.17) is 9.73 Å². The van der Waals surface area contributed by atoms with Crippen LogP contribution in [0.15, 0.2) is 59.6 Å². The number of aliphatic imine (C=N–C) groups is 1. The predicted octanol–water partition coefficient (Wildman–Crippen LogP) is 4.30. The zero-order valence-electron chi connectivity index (χ0n) is 19.9. The van der Waals surface area contributed by atoms with Gasteiger partial charge in [0.25, 0.3) is 0 Å². The van der Waals surface area contributed by atoms with Crippen LogP contribution in [0, 0.1) is 13.8 Å². The first-order chi connectivity index (χ1) is 15.5. The summed E-state index contributed by atoms with van der Waals surface area (Å²) in [5.41, 5.74) is 5.80. The molecule has 0 aliphatic heterocycles. The Bertz CT molecular complexity index is 1030. The third kappa shape index (κ3) is 6.36. The number of ether oxygens (including phenoxy) is 1. The molecule has 0 aliphatic carbocycles. The molecule has 0 saturated carbocycles. The molecule has 1 heterocycles. The lowest BCUT2D eigenvalue weighted by Gasteiger charge is -2.18. The Labute approximate surface area is 191 Å². The highest BCUT2D eigenvalue weighted by molar-refractivity contribution is 5.80. The van der Waals surface area contributed by atoms with Crippen molar-refractivity contribution < 1.29 is 4.74 Å². The number of aromatic nitrogens is 2. The van der Waals surface area contributed by atoms with E-state index in [2.05, 4.69) is 61.6 Å². The highest BCUT2D eigenvalue weighted by Gasteiger charge is 2.14. The molecule has 3 rings (SSSR count). The summed E-state index contributed by atoms with van der Waals surface area (Å²) >= 11 is 0. The van der Waals surface area contributed by atoms with Gasteiger partial charge in [0.2, 0.25) is 0 Å². The van der Waals surface area contributed by atoms with Crippen LogP contribution in [0.5, 0.6) is 5.75 Å². The third-order valence-electron chi connectivity index (χ3n) is 5.51. The average Bonchev–Trinajstić information content (AvgIpc) is 3.03. The molecule has 6 nitrogen and oxygen atoms in total. The fourth-order valence-corrected chi connectivity index (χ4v) is 3.70. The quantitative estimate of drug-likeness (QED) is 0.390. The van der Waals surface area contributed by atoms with Gasteiger partial charge < -0.3 is 15.4 Å². The van der Waals surface area contributed by atoms with Crippen LogP contribution in [-0.2, 0) is 26.6 Å². The molecule has 0 fully saturated rings. The van der Waals surface area contributed by atoms with E-state index in [1.165, 1.54) is 11.3 Å². The number of hydrogen-bond donors (Lipinski definition) is 2. The van der Waals surface area contributed by atoms with E-state index in [0.717, 1.165) is 41.5 Å². The van der Waals surface area contributed by atoms with Gasteiger partial charge in [0.15, 0.2) is 5.96 Å². The molecule has 32 heavy (non-hydrogen) atoms. The Morgan fingerprint density at radius 3 is 2.50 bits per heavy atom. The van der Waals surface area contributed by atoms with E-state index < -0.39 is 0 Å². The lowest BCUT2D eigenvalue weighted by Crippen LogP contribution is -2.43. The lowest BCUT2D eigenvalue weighted by molar-refractivity contribution is 0.303. The minimum Gasteiger partial charge on any atom is -0.489 e. The first kappa shape index (κ1) is 23.4. The van der Waals surface area contributed by atoms with Crippen molar-refractivity contribution in [3.8, 4) is 5.75 Å². The molecule has 1 aromatic heterocycles. The van der Waals surface area contributed by atoms with Crippen LogP contribution >= 0.6 is 0 Å². The van der Waals surface area contributed by atoms with Crippen LogP contribution in [0.2, 0.25) is 0 Å². The molecule has 170 valence electrons. The molecular weight excluding hydrogens is 398 g/mol. The van der Waals surface area contributed by atoms with Gasteiger partial charge in [-0.1, -0.05) is 48.5 Å². The van der Waals surface area contributed by atoms with Gasteiger partial charge in [-0.05, 0) is 51.3 Å². The van der Waals surface area contributed by atoms with Gasteiger partial charge in [-0.15, -0.1) is 0 Å². The van der Waals surface area contributed by atoms with Crippen LogP contribution in [0.4, 0.5) is 0 Å². The SMILES string of the molecule is CCNC(=NCc1ccccc1OCc1ccccc1)NC(C)Cc1c(C)nn(C)c1C. The maximum absolute atomic E-state index is 6.08. The zero-order valence-corrected chi connectivity index (χ0v) is 19.9. The molecule has 6 heteroatoms. The topological polar surface area (TPSA) is 63.5 Å². The maximum Gasteiger partial charge on any atom is 0.191 e. The molecule has 2 N–H and O–H groups in total. The van der Waals surface area contributed by atoms with Crippen molar-refractivity contribution in [2.75, 3.05) is 6.54 Å².